The predicted octanol–water partition coefficient (Wildman–Crippen LogP) is -5.14. The minimum Gasteiger partial charge on any atom is -0.393 e. The van der Waals surface area contributed by atoms with Crippen LogP contribution in [0.4, 0.5) is 0 Å². The summed E-state index contributed by atoms with van der Waals surface area (Å²) in [4.78, 5) is 0. The second-order valence-electron chi connectivity index (χ2n) is 32.3. The second kappa shape index (κ2) is 25.9. The van der Waals surface area contributed by atoms with Gasteiger partial charge in [-0.25, -0.2) is 0 Å². The highest BCUT2D eigenvalue weighted by atomic mass is 16.7. The summed E-state index contributed by atoms with van der Waals surface area (Å²) in [6.45, 7) is 16.3. The van der Waals surface area contributed by atoms with Crippen LogP contribution >= 0.6 is 0 Å². The van der Waals surface area contributed by atoms with Crippen LogP contribution in [0.25, 0.3) is 0 Å². The van der Waals surface area contributed by atoms with E-state index in [-0.39, 0.29) is 0 Å². The normalized spacial score (nSPS) is 57.0. The number of rotatable bonds is 24. The van der Waals surface area contributed by atoms with Crippen molar-refractivity contribution in [1.82, 2.24) is 0 Å². The summed E-state index contributed by atoms with van der Waals surface area (Å²) in [7, 11) is 0. The first kappa shape index (κ1) is 82.7. The molecular formula is C64H118O31. The second-order valence-corrected chi connectivity index (χ2v) is 32.3. The highest BCUT2D eigenvalue weighted by Crippen LogP contribution is 2.55. The van der Waals surface area contributed by atoms with Crippen molar-refractivity contribution in [1.29, 1.82) is 0 Å². The third kappa shape index (κ3) is 12.4. The molecule has 31 nitrogen and oxygen atoms in total. The van der Waals surface area contributed by atoms with E-state index in [1.54, 1.807) is 0 Å². The smallest absolute Gasteiger partial charge is 0.187 e. The molecule has 6 aliphatic rings. The predicted molar refractivity (Wildman–Crippen MR) is 329 cm³/mol. The quantitative estimate of drug-likeness (QED) is 0.0430. The van der Waals surface area contributed by atoms with Gasteiger partial charge in [-0.15, -0.1) is 0 Å². The maximum absolute atomic E-state index is 12.6. The molecule has 0 aromatic carbocycles. The van der Waals surface area contributed by atoms with Crippen molar-refractivity contribution in [2.45, 2.75) is 287 Å². The lowest BCUT2D eigenvalue weighted by molar-refractivity contribution is -0.427. The monoisotopic (exact) mass is 1380 g/mol. The summed E-state index contributed by atoms with van der Waals surface area (Å²) in [6.07, 6.45) is -9.51. The van der Waals surface area contributed by atoms with Gasteiger partial charge in [0.2, 0.25) is 0 Å². The molecule has 0 spiro atoms. The zero-order valence-corrected chi connectivity index (χ0v) is 59.1. The Bertz CT molecular complexity index is 2640. The number of ether oxygens (including phenoxy) is 11. The van der Waals surface area contributed by atoms with E-state index in [1.807, 2.05) is 0 Å². The van der Waals surface area contributed by atoms with E-state index in [0.717, 1.165) is 20.8 Å². The molecule has 20 N–H and O–H groups in total. The lowest BCUT2D eigenvalue weighted by atomic mass is 9.62. The Morgan fingerprint density at radius 1 is 0.263 bits per heavy atom. The highest BCUT2D eigenvalue weighted by Gasteiger charge is 2.74. The van der Waals surface area contributed by atoms with Crippen molar-refractivity contribution >= 4 is 0 Å². The first-order valence-corrected chi connectivity index (χ1v) is 32.4. The molecule has 0 amide bonds. The molecule has 6 fully saturated rings. The molecule has 95 heavy (non-hydrogen) atoms. The van der Waals surface area contributed by atoms with Gasteiger partial charge in [0.05, 0.1) is 109 Å². The van der Waals surface area contributed by atoms with E-state index >= 15 is 0 Å². The first-order chi connectivity index (χ1) is 42.5. The molecule has 0 aliphatic carbocycles. The number of hydrogen-bond acceptors (Lipinski definition) is 31. The number of hydrogen-bond donors (Lipinski definition) is 20. The van der Waals surface area contributed by atoms with Crippen LogP contribution in [0.15, 0.2) is 0 Å². The summed E-state index contributed by atoms with van der Waals surface area (Å²) < 4.78 is 67.3. The third-order valence-electron chi connectivity index (χ3n) is 25.9. The van der Waals surface area contributed by atoms with Crippen molar-refractivity contribution in [2.75, 3.05) is 92.5 Å². The molecule has 6 rings (SSSR count). The molecule has 0 aromatic heterocycles. The molecule has 560 valence electrons. The molecule has 0 saturated carbocycles. The number of aliphatic hydroxyl groups is 20. The fourth-order valence-electron chi connectivity index (χ4n) is 15.2. The van der Waals surface area contributed by atoms with Gasteiger partial charge < -0.3 is 154 Å². The minimum absolute atomic E-state index is 0.500. The SMILES string of the molecule is CC1(O)[C@@H](OCC2(C)O[C@@H](O)C(C)(O)[C@](C)(O)[C@]2(C)O)OC(C)(CO)[C@@](C)(O)[C@H]1COC[C@@H]1OC(C)(CO)[C@@](C)(O)[C@@H](COC[C@@H]2OC(C)(CO)[C@@](C)(O)[C@@H](COC[C@@H]3OC(C)(CO)[C@@](C)(O)[C@@H](COC[C@@H]4OC(C)(CO)[C@@](C)(O)[C@@](C)(O)C4(C)O)C3(C)O)C2(C)O)C1(C)O. The summed E-state index contributed by atoms with van der Waals surface area (Å²) in [6, 6.07) is 0. The Hall–Kier alpha value is -1.24. The van der Waals surface area contributed by atoms with Crippen molar-refractivity contribution in [2.24, 2.45) is 23.7 Å². The van der Waals surface area contributed by atoms with E-state index in [4.69, 9.17) is 52.1 Å². The molecule has 6 heterocycles. The molecule has 6 aliphatic heterocycles. The molecule has 30 atom stereocenters. The number of aliphatic hydroxyl groups excluding tert-OH is 6. The third-order valence-corrected chi connectivity index (χ3v) is 25.9. The van der Waals surface area contributed by atoms with Gasteiger partial charge in [0, 0.05) is 23.7 Å². The Morgan fingerprint density at radius 2 is 0.516 bits per heavy atom. The topological polar surface area (TPSA) is 506 Å². The van der Waals surface area contributed by atoms with Crippen LogP contribution < -0.4 is 0 Å². The molecule has 0 bridgehead atoms. The van der Waals surface area contributed by atoms with E-state index in [2.05, 4.69) is 0 Å². The van der Waals surface area contributed by atoms with Crippen molar-refractivity contribution in [3.05, 3.63) is 0 Å². The van der Waals surface area contributed by atoms with Gasteiger partial charge in [0.25, 0.3) is 0 Å². The molecule has 0 aromatic rings. The maximum atomic E-state index is 12.6. The Morgan fingerprint density at radius 3 is 0.821 bits per heavy atom. The Kier molecular flexibility index (Phi) is 22.5. The fourth-order valence-corrected chi connectivity index (χ4v) is 15.2. The van der Waals surface area contributed by atoms with Crippen LogP contribution in [-0.2, 0) is 52.1 Å². The van der Waals surface area contributed by atoms with Gasteiger partial charge in [-0.05, 0) is 138 Å². The average molecular weight is 1380 g/mol. The van der Waals surface area contributed by atoms with Crippen LogP contribution in [0.3, 0.4) is 0 Å². The van der Waals surface area contributed by atoms with Crippen LogP contribution in [0.2, 0.25) is 0 Å². The van der Waals surface area contributed by atoms with Crippen LogP contribution in [-0.4, -0.2) is 344 Å². The summed E-state index contributed by atoms with van der Waals surface area (Å²) >= 11 is 0. The summed E-state index contributed by atoms with van der Waals surface area (Å²) in [5, 5.41) is 232. The molecule has 6 saturated heterocycles. The Labute approximate surface area is 556 Å². The minimum atomic E-state index is -2.42. The molecule has 31 heteroatoms. The lowest BCUT2D eigenvalue weighted by Crippen LogP contribution is -2.81. The summed E-state index contributed by atoms with van der Waals surface area (Å²) in [5.74, 6) is -5.54. The fraction of sp³-hybridized carbons (Fsp3) is 1.00. The van der Waals surface area contributed by atoms with Crippen molar-refractivity contribution < 1.29 is 154 Å². The van der Waals surface area contributed by atoms with E-state index in [1.165, 1.54) is 118 Å². The first-order valence-electron chi connectivity index (χ1n) is 32.4. The molecule has 12 unspecified atom stereocenters. The standard InChI is InChI=1S/C64H118O31/c1-45(29-65)55(11,75)35(21-86-26-40-53(9,73)37(57(13,77)47(3,31-67)91-40)23-88-28-42-59(15,79)63(19,83)61(17,81)49(5,33-69)93-42)51(7,71)39(90-45)25-85-22-36-52(8,72)41(92-46(2,30-66)56(36,12)76)27-87-24-38-54(10,74)44(95-48(4,32-68)58(38,14)78)89-34-50(6)62(18,82)64(20,84)60(16,80)43(70)94-50/h35-44,65-84H,21-34H2,1-20H3/t35-,36-,37-,38-,39-,40-,41-,42-,43+,44-,45?,46?,47?,48?,49?,50?,51?,52?,53?,54?,55-,56-,57-,58-,59?,60?,61+,62+,63-,64-/m0/s1. The van der Waals surface area contributed by atoms with E-state index in [9.17, 15) is 102 Å². The van der Waals surface area contributed by atoms with Gasteiger partial charge in [0.1, 0.15) is 120 Å². The zero-order chi connectivity index (χ0) is 73.5. The Balaban J connectivity index is 1.18. The van der Waals surface area contributed by atoms with Gasteiger partial charge >= 0.3 is 0 Å². The largest absolute Gasteiger partial charge is 0.393 e. The van der Waals surface area contributed by atoms with Gasteiger partial charge in [-0.3, -0.25) is 0 Å². The van der Waals surface area contributed by atoms with E-state index < -0.39 is 265 Å². The van der Waals surface area contributed by atoms with E-state index in [0.29, 0.717) is 0 Å². The van der Waals surface area contributed by atoms with Crippen molar-refractivity contribution in [3.63, 3.8) is 0 Å². The van der Waals surface area contributed by atoms with Crippen molar-refractivity contribution in [3.8, 4) is 0 Å². The van der Waals surface area contributed by atoms with Gasteiger partial charge in [0.15, 0.2) is 12.6 Å². The van der Waals surface area contributed by atoms with Crippen LogP contribution in [0.5, 0.6) is 0 Å². The van der Waals surface area contributed by atoms with Crippen LogP contribution in [0, 0.1) is 23.7 Å². The molecular weight excluding hydrogens is 1260 g/mol. The zero-order valence-electron chi connectivity index (χ0n) is 59.1. The van der Waals surface area contributed by atoms with Gasteiger partial charge in [-0.1, -0.05) is 0 Å². The lowest BCUT2D eigenvalue weighted by Gasteiger charge is -2.62. The molecule has 0 radical (unpaired) electrons. The highest BCUT2D eigenvalue weighted by molar-refractivity contribution is 5.22. The summed E-state index contributed by atoms with van der Waals surface area (Å²) in [5.41, 5.74) is -42.2. The van der Waals surface area contributed by atoms with Crippen LogP contribution in [0.1, 0.15) is 138 Å². The maximum Gasteiger partial charge on any atom is 0.187 e. The van der Waals surface area contributed by atoms with Gasteiger partial charge in [-0.2, -0.15) is 0 Å². The average Bonchev–Trinajstić information content (AvgIpc) is 0.722.